The third-order valence-corrected chi connectivity index (χ3v) is 8.19. The molecule has 0 saturated carbocycles. The van der Waals surface area contributed by atoms with E-state index < -0.39 is 17.2 Å². The van der Waals surface area contributed by atoms with Crippen molar-refractivity contribution in [2.45, 2.75) is 58.2 Å². The lowest BCUT2D eigenvalue weighted by Gasteiger charge is -2.32. The number of benzene rings is 3. The van der Waals surface area contributed by atoms with E-state index in [2.05, 4.69) is 20.5 Å². The molecule has 1 atom stereocenters. The van der Waals surface area contributed by atoms with Gasteiger partial charge in [-0.25, -0.2) is 9.78 Å². The molecule has 2 aromatic heterocycles. The number of carbonyl (C=O) groups excluding carboxylic acids is 2. The van der Waals surface area contributed by atoms with Crippen LogP contribution in [-0.2, 0) is 23.2 Å². The maximum Gasteiger partial charge on any atom is 0.408 e. The zero-order chi connectivity index (χ0) is 33.4. The Morgan fingerprint density at radius 2 is 1.70 bits per heavy atom. The Bertz CT molecular complexity index is 1830. The van der Waals surface area contributed by atoms with Crippen LogP contribution in [0.3, 0.4) is 0 Å². The molecule has 2 heterocycles. The van der Waals surface area contributed by atoms with Gasteiger partial charge in [-0.1, -0.05) is 78.9 Å². The molecule has 3 aromatic carbocycles. The van der Waals surface area contributed by atoms with Crippen molar-refractivity contribution in [1.29, 1.82) is 0 Å². The molecule has 9 nitrogen and oxygen atoms in total. The van der Waals surface area contributed by atoms with Gasteiger partial charge >= 0.3 is 6.09 Å². The minimum absolute atomic E-state index is 0.157. The summed E-state index contributed by atoms with van der Waals surface area (Å²) in [5, 5.41) is 14.8. The van der Waals surface area contributed by atoms with Gasteiger partial charge in [0.1, 0.15) is 16.1 Å². The molecule has 0 radical (unpaired) electrons. The fraction of sp³-hybridized carbons (Fsp3) is 0.270. The fourth-order valence-corrected chi connectivity index (χ4v) is 5.90. The highest BCUT2D eigenvalue weighted by atomic mass is 32.1. The van der Waals surface area contributed by atoms with Crippen molar-refractivity contribution in [3.05, 3.63) is 130 Å². The van der Waals surface area contributed by atoms with Gasteiger partial charge in [-0.2, -0.15) is 0 Å². The first-order valence-electron chi connectivity index (χ1n) is 15.4. The van der Waals surface area contributed by atoms with E-state index in [1.54, 1.807) is 30.1 Å². The van der Waals surface area contributed by atoms with Crippen molar-refractivity contribution in [2.24, 2.45) is 0 Å². The number of hydrogen-bond acceptors (Lipinski definition) is 8. The molecule has 0 saturated heterocycles. The average Bonchev–Trinajstić information content (AvgIpc) is 3.70. The Morgan fingerprint density at radius 1 is 0.979 bits per heavy atom. The predicted octanol–water partition coefficient (Wildman–Crippen LogP) is 7.84. The van der Waals surface area contributed by atoms with Crippen molar-refractivity contribution in [2.75, 3.05) is 7.05 Å². The first kappa shape index (κ1) is 33.3. The molecule has 0 aliphatic rings. The summed E-state index contributed by atoms with van der Waals surface area (Å²) in [7, 11) is 1.75. The maximum absolute atomic E-state index is 13.4. The van der Waals surface area contributed by atoms with E-state index in [4.69, 9.17) is 9.15 Å². The van der Waals surface area contributed by atoms with Gasteiger partial charge in [0.25, 0.3) is 5.91 Å². The summed E-state index contributed by atoms with van der Waals surface area (Å²) in [6.45, 7) is 7.78. The molecule has 0 spiro atoms. The molecule has 10 heteroatoms. The van der Waals surface area contributed by atoms with Gasteiger partial charge in [-0.15, -0.1) is 21.5 Å². The number of carbonyl (C=O) groups is 2. The Hall–Kier alpha value is -5.09. The molecule has 1 unspecified atom stereocenters. The van der Waals surface area contributed by atoms with E-state index in [-0.39, 0.29) is 17.7 Å². The minimum Gasteiger partial charge on any atom is -0.444 e. The highest BCUT2D eigenvalue weighted by molar-refractivity contribution is 7.09. The zero-order valence-corrected chi connectivity index (χ0v) is 28.1. The zero-order valence-electron chi connectivity index (χ0n) is 27.3. The van der Waals surface area contributed by atoms with E-state index in [1.807, 2.05) is 112 Å². The van der Waals surface area contributed by atoms with Crippen molar-refractivity contribution >= 4 is 29.4 Å². The molecule has 47 heavy (non-hydrogen) atoms. The Morgan fingerprint density at radius 3 is 2.38 bits per heavy atom. The quantitative estimate of drug-likeness (QED) is 0.155. The van der Waals surface area contributed by atoms with Crippen LogP contribution in [-0.4, -0.2) is 44.7 Å². The molecule has 0 bridgehead atoms. The predicted molar refractivity (Wildman–Crippen MR) is 184 cm³/mol. The van der Waals surface area contributed by atoms with E-state index in [9.17, 15) is 9.59 Å². The number of alkyl carbamates (subject to hydrolysis) is 1. The number of nitrogens with one attached hydrogen (secondary N) is 1. The van der Waals surface area contributed by atoms with Gasteiger partial charge in [0.05, 0.1) is 6.54 Å². The number of aryl methyl sites for hydroxylation is 1. The van der Waals surface area contributed by atoms with Gasteiger partial charge in [0, 0.05) is 35.7 Å². The monoisotopic (exact) mass is 649 g/mol. The van der Waals surface area contributed by atoms with Gasteiger partial charge in [0.2, 0.25) is 11.8 Å². The van der Waals surface area contributed by atoms with Crippen LogP contribution in [0.2, 0.25) is 0 Å². The second-order valence-electron chi connectivity index (χ2n) is 12.4. The van der Waals surface area contributed by atoms with Gasteiger partial charge in [-0.05, 0) is 63.4 Å². The Kier molecular flexibility index (Phi) is 10.3. The summed E-state index contributed by atoms with van der Waals surface area (Å²) in [6.07, 6.45) is 4.06. The standard InChI is InChI=1S/C37H39N5O4S/c1-26-25-47-31(38-26)24-42(5)33(43)30-20-12-19-29(22-30)32-40-41-34(45-32)37(23-28-16-10-7-11-17-28,39-35(44)46-36(2,3)4)21-13-18-27-14-8-6-9-15-27/h6-20,22,25H,21,23-24H2,1-5H3,(H,39,44). The van der Waals surface area contributed by atoms with Gasteiger partial charge in [-0.3, -0.25) is 4.79 Å². The van der Waals surface area contributed by atoms with Gasteiger partial charge in [0.15, 0.2) is 0 Å². The molecular formula is C37H39N5O4S. The molecule has 5 rings (SSSR count). The van der Waals surface area contributed by atoms with Crippen LogP contribution in [0.25, 0.3) is 17.5 Å². The third-order valence-electron chi connectivity index (χ3n) is 7.24. The number of nitrogens with zero attached hydrogens (tertiary/aromatic N) is 4. The van der Waals surface area contributed by atoms with E-state index in [0.29, 0.717) is 30.5 Å². The molecule has 0 fully saturated rings. The minimum atomic E-state index is -1.15. The topological polar surface area (TPSA) is 110 Å². The number of rotatable bonds is 11. The average molecular weight is 650 g/mol. The summed E-state index contributed by atoms with van der Waals surface area (Å²) in [5.41, 5.74) is 2.09. The van der Waals surface area contributed by atoms with Crippen molar-refractivity contribution in [3.63, 3.8) is 0 Å². The highest BCUT2D eigenvalue weighted by Crippen LogP contribution is 2.33. The number of amides is 2. The third kappa shape index (κ3) is 9.01. The maximum atomic E-state index is 13.4. The smallest absolute Gasteiger partial charge is 0.408 e. The molecule has 0 aliphatic heterocycles. The first-order valence-corrected chi connectivity index (χ1v) is 16.3. The molecular weight excluding hydrogens is 611 g/mol. The normalized spacial score (nSPS) is 12.9. The fourth-order valence-electron chi connectivity index (χ4n) is 5.08. The van der Waals surface area contributed by atoms with E-state index in [1.165, 1.54) is 11.3 Å². The summed E-state index contributed by atoms with van der Waals surface area (Å²) in [4.78, 5) is 32.8. The first-order chi connectivity index (χ1) is 22.5. The second-order valence-corrected chi connectivity index (χ2v) is 13.4. The van der Waals surface area contributed by atoms with Crippen LogP contribution in [0.15, 0.2) is 101 Å². The largest absolute Gasteiger partial charge is 0.444 e. The molecule has 2 amide bonds. The molecule has 5 aromatic rings. The van der Waals surface area contributed by atoms with Crippen molar-refractivity contribution in [3.8, 4) is 11.5 Å². The number of ether oxygens (including phenoxy) is 1. The SMILES string of the molecule is Cc1csc(CN(C)C(=O)c2cccc(-c3nnc(C(CC=Cc4ccccc4)(Cc4ccccc4)NC(=O)OC(C)(C)C)o3)c2)n1. The Balaban J connectivity index is 1.49. The molecule has 1 N–H and O–H groups in total. The second kappa shape index (κ2) is 14.6. The molecule has 242 valence electrons. The van der Waals surface area contributed by atoms with Crippen LogP contribution in [0, 0.1) is 6.92 Å². The number of aromatic nitrogens is 3. The van der Waals surface area contributed by atoms with E-state index >= 15 is 0 Å². The Labute approximate surface area is 279 Å². The van der Waals surface area contributed by atoms with Crippen molar-refractivity contribution < 1.29 is 18.7 Å². The van der Waals surface area contributed by atoms with Crippen LogP contribution in [0.4, 0.5) is 4.79 Å². The lowest BCUT2D eigenvalue weighted by atomic mass is 9.86. The van der Waals surface area contributed by atoms with Crippen LogP contribution in [0.1, 0.15) is 65.3 Å². The van der Waals surface area contributed by atoms with Crippen LogP contribution >= 0.6 is 11.3 Å². The summed E-state index contributed by atoms with van der Waals surface area (Å²) in [5.74, 6) is 0.284. The lowest BCUT2D eigenvalue weighted by Crippen LogP contribution is -2.49. The van der Waals surface area contributed by atoms with Crippen LogP contribution < -0.4 is 5.32 Å². The number of hydrogen-bond donors (Lipinski definition) is 1. The highest BCUT2D eigenvalue weighted by Gasteiger charge is 2.40. The van der Waals surface area contributed by atoms with Crippen LogP contribution in [0.5, 0.6) is 0 Å². The summed E-state index contributed by atoms with van der Waals surface area (Å²) >= 11 is 1.53. The van der Waals surface area contributed by atoms with Crippen molar-refractivity contribution in [1.82, 2.24) is 25.4 Å². The molecule has 0 aliphatic carbocycles. The summed E-state index contributed by atoms with van der Waals surface area (Å²) < 4.78 is 12.1. The van der Waals surface area contributed by atoms with Gasteiger partial charge < -0.3 is 19.4 Å². The van der Waals surface area contributed by atoms with E-state index in [0.717, 1.165) is 21.8 Å². The lowest BCUT2D eigenvalue weighted by molar-refractivity contribution is 0.0431. The summed E-state index contributed by atoms with van der Waals surface area (Å²) in [6, 6.07) is 26.8. The number of thiazole rings is 1.